The van der Waals surface area contributed by atoms with E-state index < -0.39 is 0 Å². The molecule has 2 aromatic heterocycles. The third-order valence-electron chi connectivity index (χ3n) is 3.66. The molecule has 7 nitrogen and oxygen atoms in total. The highest BCUT2D eigenvalue weighted by atomic mass is 16.5. The number of carbonyl (C=O) groups is 1. The van der Waals surface area contributed by atoms with Crippen LogP contribution in [0.25, 0.3) is 0 Å². The Morgan fingerprint density at radius 3 is 3.05 bits per heavy atom. The second kappa shape index (κ2) is 5.67. The van der Waals surface area contributed by atoms with Gasteiger partial charge in [0.15, 0.2) is 5.82 Å². The highest BCUT2D eigenvalue weighted by Crippen LogP contribution is 2.38. The predicted molar refractivity (Wildman–Crippen MR) is 74.3 cm³/mol. The van der Waals surface area contributed by atoms with Crippen molar-refractivity contribution in [3.05, 3.63) is 30.2 Å². The minimum absolute atomic E-state index is 0.0299. The Morgan fingerprint density at radius 1 is 1.57 bits per heavy atom. The van der Waals surface area contributed by atoms with Crippen LogP contribution in [0.15, 0.2) is 23.0 Å². The molecule has 1 saturated carbocycles. The first-order valence-corrected chi connectivity index (χ1v) is 7.19. The van der Waals surface area contributed by atoms with Crippen molar-refractivity contribution in [2.45, 2.75) is 44.7 Å². The van der Waals surface area contributed by atoms with Gasteiger partial charge in [-0.25, -0.2) is 0 Å². The average Bonchev–Trinajstić information content (AvgIpc) is 2.99. The Hall–Kier alpha value is -2.18. The zero-order chi connectivity index (χ0) is 14.8. The molecule has 0 radical (unpaired) electrons. The second-order valence-corrected chi connectivity index (χ2v) is 5.61. The van der Waals surface area contributed by atoms with Crippen LogP contribution >= 0.6 is 0 Å². The lowest BCUT2D eigenvalue weighted by Crippen LogP contribution is -2.28. The van der Waals surface area contributed by atoms with Gasteiger partial charge in [0.2, 0.25) is 11.8 Å². The lowest BCUT2D eigenvalue weighted by molar-refractivity contribution is -0.131. The van der Waals surface area contributed by atoms with Crippen LogP contribution in [0, 0.1) is 0 Å². The standard InChI is InChI=1S/C14H19N5O2/c1-10(19-7-3-6-15-19)8-13(20)18(2)9-12-16-14(21-17-12)11-4-5-11/h3,6-7,10-11H,4-5,8-9H2,1-2H3. The van der Waals surface area contributed by atoms with Crippen LogP contribution in [0.4, 0.5) is 0 Å². The molecule has 0 N–H and O–H groups in total. The van der Waals surface area contributed by atoms with Crippen molar-refractivity contribution in [1.29, 1.82) is 0 Å². The van der Waals surface area contributed by atoms with Gasteiger partial charge in [-0.05, 0) is 25.8 Å². The highest BCUT2D eigenvalue weighted by Gasteiger charge is 2.29. The largest absolute Gasteiger partial charge is 0.339 e. The predicted octanol–water partition coefficient (Wildman–Crippen LogP) is 1.75. The smallest absolute Gasteiger partial charge is 0.229 e. The summed E-state index contributed by atoms with van der Waals surface area (Å²) in [6.07, 6.45) is 6.21. The molecule has 2 aromatic rings. The van der Waals surface area contributed by atoms with Crippen molar-refractivity contribution in [3.8, 4) is 0 Å². The van der Waals surface area contributed by atoms with Crippen LogP contribution in [0.2, 0.25) is 0 Å². The summed E-state index contributed by atoms with van der Waals surface area (Å²) < 4.78 is 6.98. The number of amides is 1. The van der Waals surface area contributed by atoms with E-state index in [1.807, 2.05) is 19.2 Å². The van der Waals surface area contributed by atoms with E-state index in [1.54, 1.807) is 22.8 Å². The van der Waals surface area contributed by atoms with Crippen molar-refractivity contribution in [1.82, 2.24) is 24.8 Å². The Kier molecular flexibility index (Phi) is 3.72. The fourth-order valence-electron chi connectivity index (χ4n) is 2.17. The molecule has 1 amide bonds. The van der Waals surface area contributed by atoms with Gasteiger partial charge in [0, 0.05) is 31.8 Å². The SMILES string of the molecule is CC(CC(=O)N(C)Cc1noc(C2CC2)n1)n1cccn1. The van der Waals surface area contributed by atoms with E-state index in [1.165, 1.54) is 0 Å². The third kappa shape index (κ3) is 3.29. The molecule has 0 aromatic carbocycles. The highest BCUT2D eigenvalue weighted by molar-refractivity contribution is 5.76. The normalized spacial score (nSPS) is 15.9. The van der Waals surface area contributed by atoms with Crippen LogP contribution in [-0.4, -0.2) is 37.8 Å². The fourth-order valence-corrected chi connectivity index (χ4v) is 2.17. The van der Waals surface area contributed by atoms with Crippen molar-refractivity contribution in [2.24, 2.45) is 0 Å². The van der Waals surface area contributed by atoms with E-state index >= 15 is 0 Å². The maximum Gasteiger partial charge on any atom is 0.229 e. The van der Waals surface area contributed by atoms with Crippen LogP contribution in [0.5, 0.6) is 0 Å². The van der Waals surface area contributed by atoms with Gasteiger partial charge in [0.1, 0.15) is 0 Å². The molecule has 0 aliphatic heterocycles. The van der Waals surface area contributed by atoms with E-state index in [0.717, 1.165) is 12.8 Å². The molecule has 1 unspecified atom stereocenters. The maximum atomic E-state index is 12.2. The van der Waals surface area contributed by atoms with E-state index in [2.05, 4.69) is 15.2 Å². The van der Waals surface area contributed by atoms with Gasteiger partial charge in [-0.15, -0.1) is 0 Å². The fraction of sp³-hybridized carbons (Fsp3) is 0.571. The Bertz CT molecular complexity index is 603. The number of rotatable bonds is 6. The lowest BCUT2D eigenvalue weighted by atomic mass is 10.2. The van der Waals surface area contributed by atoms with Gasteiger partial charge in [-0.1, -0.05) is 5.16 Å². The van der Waals surface area contributed by atoms with Crippen molar-refractivity contribution in [2.75, 3.05) is 7.05 Å². The van der Waals surface area contributed by atoms with Gasteiger partial charge in [0.25, 0.3) is 0 Å². The summed E-state index contributed by atoms with van der Waals surface area (Å²) in [7, 11) is 1.76. The molecule has 0 saturated heterocycles. The zero-order valence-electron chi connectivity index (χ0n) is 12.3. The number of carbonyl (C=O) groups excluding carboxylic acids is 1. The molecule has 1 atom stereocenters. The molecular weight excluding hydrogens is 270 g/mol. The van der Waals surface area contributed by atoms with E-state index in [9.17, 15) is 4.79 Å². The van der Waals surface area contributed by atoms with Crippen LogP contribution in [0.3, 0.4) is 0 Å². The number of aromatic nitrogens is 4. The monoisotopic (exact) mass is 289 g/mol. The Labute approximate surface area is 122 Å². The molecule has 1 fully saturated rings. The molecule has 112 valence electrons. The first-order chi connectivity index (χ1) is 10.1. The molecule has 7 heteroatoms. The first kappa shape index (κ1) is 13.8. The number of nitrogens with zero attached hydrogens (tertiary/aromatic N) is 5. The molecule has 21 heavy (non-hydrogen) atoms. The van der Waals surface area contributed by atoms with Gasteiger partial charge in [0.05, 0.1) is 12.6 Å². The van der Waals surface area contributed by atoms with E-state index in [4.69, 9.17) is 4.52 Å². The minimum Gasteiger partial charge on any atom is -0.339 e. The Morgan fingerprint density at radius 2 is 2.38 bits per heavy atom. The van der Waals surface area contributed by atoms with Gasteiger partial charge in [-0.2, -0.15) is 10.1 Å². The third-order valence-corrected chi connectivity index (χ3v) is 3.66. The molecule has 0 bridgehead atoms. The number of hydrogen-bond donors (Lipinski definition) is 0. The lowest BCUT2D eigenvalue weighted by Gasteiger charge is -2.18. The van der Waals surface area contributed by atoms with Crippen molar-refractivity contribution in [3.63, 3.8) is 0 Å². The number of hydrogen-bond acceptors (Lipinski definition) is 5. The van der Waals surface area contributed by atoms with Crippen molar-refractivity contribution >= 4 is 5.91 Å². The Balaban J connectivity index is 1.53. The quantitative estimate of drug-likeness (QED) is 0.809. The molecule has 0 spiro atoms. The minimum atomic E-state index is 0.0299. The second-order valence-electron chi connectivity index (χ2n) is 5.61. The summed E-state index contributed by atoms with van der Waals surface area (Å²) in [5, 5.41) is 8.08. The van der Waals surface area contributed by atoms with Gasteiger partial charge in [-0.3, -0.25) is 9.48 Å². The van der Waals surface area contributed by atoms with Crippen LogP contribution < -0.4 is 0 Å². The molecule has 1 aliphatic rings. The summed E-state index contributed by atoms with van der Waals surface area (Å²) in [6, 6.07) is 1.88. The van der Waals surface area contributed by atoms with Crippen molar-refractivity contribution < 1.29 is 9.32 Å². The van der Waals surface area contributed by atoms with E-state index in [-0.39, 0.29) is 11.9 Å². The summed E-state index contributed by atoms with van der Waals surface area (Å²) >= 11 is 0. The summed E-state index contributed by atoms with van der Waals surface area (Å²) in [6.45, 7) is 2.35. The molecule has 1 aliphatic carbocycles. The van der Waals surface area contributed by atoms with Gasteiger partial charge >= 0.3 is 0 Å². The molecule has 2 heterocycles. The van der Waals surface area contributed by atoms with Gasteiger partial charge < -0.3 is 9.42 Å². The topological polar surface area (TPSA) is 77.0 Å². The summed E-state index contributed by atoms with van der Waals surface area (Å²) in [5.74, 6) is 1.75. The van der Waals surface area contributed by atoms with Crippen LogP contribution in [0.1, 0.15) is 49.9 Å². The average molecular weight is 289 g/mol. The summed E-state index contributed by atoms with van der Waals surface area (Å²) in [5.41, 5.74) is 0. The molecular formula is C14H19N5O2. The maximum absolute atomic E-state index is 12.2. The molecule has 3 rings (SSSR count). The first-order valence-electron chi connectivity index (χ1n) is 7.19. The summed E-state index contributed by atoms with van der Waals surface area (Å²) in [4.78, 5) is 18.2. The zero-order valence-corrected chi connectivity index (χ0v) is 12.3. The van der Waals surface area contributed by atoms with Crippen LogP contribution in [-0.2, 0) is 11.3 Å². The van der Waals surface area contributed by atoms with E-state index in [0.29, 0.717) is 30.6 Å².